The Kier molecular flexibility index (Phi) is 25.6. The molecule has 1 aromatic rings. The van der Waals surface area contributed by atoms with Crippen molar-refractivity contribution in [3.05, 3.63) is 29.6 Å². The lowest BCUT2D eigenvalue weighted by atomic mass is 9.99. The van der Waals surface area contributed by atoms with Crippen molar-refractivity contribution in [2.24, 2.45) is 0 Å². The van der Waals surface area contributed by atoms with Gasteiger partial charge in [0.05, 0.1) is 0 Å². The van der Waals surface area contributed by atoms with Crippen molar-refractivity contribution in [1.29, 1.82) is 0 Å². The van der Waals surface area contributed by atoms with Crippen molar-refractivity contribution in [2.75, 3.05) is 0 Å². The largest absolute Gasteiger partial charge is 0.202 e. The predicted octanol–water partition coefficient (Wildman–Crippen LogP) is 12.3. The van der Waals surface area contributed by atoms with Gasteiger partial charge in [0.2, 0.25) is 0 Å². The van der Waals surface area contributed by atoms with Crippen LogP contribution < -0.4 is 4.57 Å². The van der Waals surface area contributed by atoms with Gasteiger partial charge in [0, 0.05) is 24.5 Å². The summed E-state index contributed by atoms with van der Waals surface area (Å²) in [4.78, 5) is 0. The summed E-state index contributed by atoms with van der Waals surface area (Å²) in [6, 6.07) is 4.79. The summed E-state index contributed by atoms with van der Waals surface area (Å²) in [6.07, 6.45) is 41.9. The van der Waals surface area contributed by atoms with Gasteiger partial charge in [-0.1, -0.05) is 162 Å². The van der Waals surface area contributed by atoms with E-state index in [4.69, 9.17) is 0 Å². The van der Waals surface area contributed by atoms with Crippen LogP contribution >= 0.6 is 0 Å². The van der Waals surface area contributed by atoms with Crippen LogP contribution in [0.4, 0.5) is 0 Å². The van der Waals surface area contributed by atoms with Crippen LogP contribution in [0.2, 0.25) is 0 Å². The highest BCUT2D eigenvalue weighted by Gasteiger charge is 2.15. The van der Waals surface area contributed by atoms with Gasteiger partial charge in [0.25, 0.3) is 0 Å². The molecule has 38 heavy (non-hydrogen) atoms. The molecule has 0 N–H and O–H groups in total. The van der Waals surface area contributed by atoms with Gasteiger partial charge in [-0.2, -0.15) is 0 Å². The topological polar surface area (TPSA) is 3.88 Å². The quantitative estimate of drug-likeness (QED) is 0.0719. The predicted molar refractivity (Wildman–Crippen MR) is 171 cm³/mol. The third kappa shape index (κ3) is 20.1. The molecule has 1 nitrogen and oxygen atoms in total. The van der Waals surface area contributed by atoms with Crippen LogP contribution in [0, 0.1) is 0 Å². The van der Waals surface area contributed by atoms with E-state index in [0.717, 1.165) is 0 Å². The lowest BCUT2D eigenvalue weighted by Crippen LogP contribution is -2.39. The fourth-order valence-corrected chi connectivity index (χ4v) is 6.02. The lowest BCUT2D eigenvalue weighted by molar-refractivity contribution is -0.705. The van der Waals surface area contributed by atoms with E-state index in [-0.39, 0.29) is 0 Å². The molecule has 0 aliphatic heterocycles. The maximum absolute atomic E-state index is 2.66. The van der Waals surface area contributed by atoms with E-state index in [1.54, 1.807) is 11.3 Å². The number of pyridine rings is 1. The van der Waals surface area contributed by atoms with Crippen molar-refractivity contribution >= 4 is 0 Å². The first-order valence-corrected chi connectivity index (χ1v) is 17.8. The Hall–Kier alpha value is -0.850. The summed E-state index contributed by atoms with van der Waals surface area (Å²) in [5, 5.41) is 0. The Morgan fingerprint density at radius 2 is 0.789 bits per heavy atom. The fourth-order valence-electron chi connectivity index (χ4n) is 6.02. The third-order valence-electron chi connectivity index (χ3n) is 8.60. The second-order valence-electron chi connectivity index (χ2n) is 12.3. The van der Waals surface area contributed by atoms with Gasteiger partial charge < -0.3 is 0 Å². The molecule has 0 unspecified atom stereocenters. The highest BCUT2D eigenvalue weighted by atomic mass is 15.0. The maximum Gasteiger partial charge on any atom is 0.184 e. The van der Waals surface area contributed by atoms with Crippen molar-refractivity contribution in [1.82, 2.24) is 0 Å². The summed E-state index contributed by atoms with van der Waals surface area (Å²) in [7, 11) is 0. The highest BCUT2D eigenvalue weighted by Crippen LogP contribution is 2.17. The van der Waals surface area contributed by atoms with Crippen LogP contribution in [0.15, 0.2) is 18.3 Å². The van der Waals surface area contributed by atoms with Gasteiger partial charge in [-0.25, -0.2) is 4.57 Å². The van der Waals surface area contributed by atoms with E-state index in [1.165, 1.54) is 186 Å². The molecule has 0 spiro atoms. The Labute approximate surface area is 241 Å². The van der Waals surface area contributed by atoms with Gasteiger partial charge >= 0.3 is 0 Å². The van der Waals surface area contributed by atoms with Crippen LogP contribution in [0.3, 0.4) is 0 Å². The number of aromatic nitrogens is 1. The minimum Gasteiger partial charge on any atom is -0.202 e. The number of nitrogens with zero attached hydrogens (tertiary/aromatic N) is 1. The van der Waals surface area contributed by atoms with Crippen molar-refractivity contribution in [3.8, 4) is 0 Å². The summed E-state index contributed by atoms with van der Waals surface area (Å²) in [5.41, 5.74) is 3.33. The van der Waals surface area contributed by atoms with Crippen LogP contribution in [0.1, 0.15) is 199 Å². The van der Waals surface area contributed by atoms with E-state index >= 15 is 0 Å². The highest BCUT2D eigenvalue weighted by molar-refractivity contribution is 5.16. The molecule has 0 amide bonds. The molecule has 0 aliphatic carbocycles. The van der Waals surface area contributed by atoms with Crippen molar-refractivity contribution < 1.29 is 4.57 Å². The Bertz CT molecular complexity index is 607. The Morgan fingerprint density at radius 3 is 1.24 bits per heavy atom. The molecule has 0 atom stereocenters. The summed E-state index contributed by atoms with van der Waals surface area (Å²) in [5.74, 6) is 0. The Morgan fingerprint density at radius 1 is 0.421 bits per heavy atom. The minimum absolute atomic E-state index is 1.23. The molecule has 0 saturated carbocycles. The van der Waals surface area contributed by atoms with E-state index in [1.807, 2.05) is 0 Å². The zero-order valence-electron chi connectivity index (χ0n) is 26.7. The standard InChI is InChI=1S/C37H70N/c1-4-7-10-13-16-17-18-19-20-23-26-29-34-38-35-30-32-36(31-27-24-21-14-11-8-5-2)37(38)33-28-25-22-15-12-9-6-3/h30,32,35H,4-29,31,33-34H2,1-3H3/q+1. The van der Waals surface area contributed by atoms with E-state index in [0.29, 0.717) is 0 Å². The van der Waals surface area contributed by atoms with Crippen LogP contribution in [0.5, 0.6) is 0 Å². The lowest BCUT2D eigenvalue weighted by Gasteiger charge is -2.10. The zero-order valence-corrected chi connectivity index (χ0v) is 26.7. The minimum atomic E-state index is 1.23. The maximum atomic E-state index is 2.66. The van der Waals surface area contributed by atoms with Gasteiger partial charge in [-0.15, -0.1) is 0 Å². The monoisotopic (exact) mass is 529 g/mol. The van der Waals surface area contributed by atoms with Crippen molar-refractivity contribution in [3.63, 3.8) is 0 Å². The molecule has 0 radical (unpaired) electrons. The average Bonchev–Trinajstić information content (AvgIpc) is 2.93. The molecule has 222 valence electrons. The average molecular weight is 529 g/mol. The number of hydrogen-bond donors (Lipinski definition) is 0. The molecule has 0 bridgehead atoms. The normalized spacial score (nSPS) is 11.4. The molecule has 1 rings (SSSR count). The molecular formula is C37H70N+. The zero-order chi connectivity index (χ0) is 27.4. The molecule has 1 aromatic heterocycles. The SMILES string of the molecule is CCCCCCCCCCCCCC[n+]1cccc(CCCCCCCCC)c1CCCCCCCCC. The first kappa shape index (κ1) is 35.2. The molecule has 0 fully saturated rings. The number of aryl methyl sites for hydroxylation is 2. The van der Waals surface area contributed by atoms with Gasteiger partial charge in [-0.05, 0) is 31.7 Å². The van der Waals surface area contributed by atoms with Crippen LogP contribution in [-0.2, 0) is 19.4 Å². The molecule has 0 saturated heterocycles. The van der Waals surface area contributed by atoms with E-state index in [2.05, 4.69) is 43.7 Å². The second-order valence-corrected chi connectivity index (χ2v) is 12.3. The van der Waals surface area contributed by atoms with Gasteiger partial charge in [0.15, 0.2) is 11.9 Å². The smallest absolute Gasteiger partial charge is 0.184 e. The third-order valence-corrected chi connectivity index (χ3v) is 8.60. The Balaban J connectivity index is 2.39. The van der Waals surface area contributed by atoms with Crippen molar-refractivity contribution in [2.45, 2.75) is 207 Å². The van der Waals surface area contributed by atoms with Crippen LogP contribution in [0.25, 0.3) is 0 Å². The molecule has 0 aliphatic rings. The van der Waals surface area contributed by atoms with Gasteiger partial charge in [-0.3, -0.25) is 0 Å². The summed E-state index contributed by atoms with van der Waals surface area (Å²) < 4.78 is 2.66. The first-order chi connectivity index (χ1) is 18.8. The molecular weight excluding hydrogens is 458 g/mol. The van der Waals surface area contributed by atoms with Crippen LogP contribution in [-0.4, -0.2) is 0 Å². The first-order valence-electron chi connectivity index (χ1n) is 17.8. The number of rotatable bonds is 29. The summed E-state index contributed by atoms with van der Waals surface area (Å²) in [6.45, 7) is 8.17. The molecule has 1 heterocycles. The molecule has 1 heteroatoms. The van der Waals surface area contributed by atoms with Gasteiger partial charge in [0.1, 0.15) is 6.54 Å². The summed E-state index contributed by atoms with van der Waals surface area (Å²) >= 11 is 0. The van der Waals surface area contributed by atoms with E-state index in [9.17, 15) is 0 Å². The number of hydrogen-bond acceptors (Lipinski definition) is 0. The second kappa shape index (κ2) is 27.7. The fraction of sp³-hybridized carbons (Fsp3) is 0.865. The number of unbranched alkanes of at least 4 members (excludes halogenated alkanes) is 23. The molecule has 0 aromatic carbocycles. The van der Waals surface area contributed by atoms with E-state index < -0.39 is 0 Å².